The minimum absolute atomic E-state index is 1.09. The lowest BCUT2D eigenvalue weighted by atomic mass is 9.95. The van der Waals surface area contributed by atoms with Gasteiger partial charge in [-0.2, -0.15) is 0 Å². The Kier molecular flexibility index (Phi) is 7.92. The number of benzene rings is 9. The summed E-state index contributed by atoms with van der Waals surface area (Å²) < 4.78 is 0. The number of anilines is 3. The highest BCUT2D eigenvalue weighted by atomic mass is 15.1. The van der Waals surface area contributed by atoms with Gasteiger partial charge in [-0.25, -0.2) is 0 Å². The minimum Gasteiger partial charge on any atom is -0.310 e. The van der Waals surface area contributed by atoms with Gasteiger partial charge in [0.15, 0.2) is 0 Å². The number of hydrogen-bond acceptors (Lipinski definition) is 1. The average molecular weight is 650 g/mol. The molecule has 0 N–H and O–H groups in total. The number of hydrogen-bond donors (Lipinski definition) is 0. The fraction of sp³-hybridized carbons (Fsp3) is 0. The van der Waals surface area contributed by atoms with Gasteiger partial charge in [0, 0.05) is 16.9 Å². The van der Waals surface area contributed by atoms with E-state index in [0.29, 0.717) is 0 Å². The Morgan fingerprint density at radius 2 is 0.824 bits per heavy atom. The second kappa shape index (κ2) is 13.3. The normalized spacial score (nSPS) is 11.1. The van der Waals surface area contributed by atoms with Crippen molar-refractivity contribution in [1.29, 1.82) is 0 Å². The highest BCUT2D eigenvalue weighted by Crippen LogP contribution is 2.44. The Labute approximate surface area is 299 Å². The summed E-state index contributed by atoms with van der Waals surface area (Å²) in [7, 11) is 0. The van der Waals surface area contributed by atoms with Gasteiger partial charge >= 0.3 is 0 Å². The van der Waals surface area contributed by atoms with E-state index in [1.54, 1.807) is 0 Å². The quantitative estimate of drug-likeness (QED) is 0.166. The Morgan fingerprint density at radius 3 is 1.63 bits per heavy atom. The second-order valence-corrected chi connectivity index (χ2v) is 13.0. The van der Waals surface area contributed by atoms with E-state index in [2.05, 4.69) is 217 Å². The van der Waals surface area contributed by atoms with E-state index in [-0.39, 0.29) is 0 Å². The molecule has 0 spiro atoms. The van der Waals surface area contributed by atoms with Crippen molar-refractivity contribution >= 4 is 38.6 Å². The molecule has 0 aliphatic carbocycles. The van der Waals surface area contributed by atoms with E-state index in [0.717, 1.165) is 17.1 Å². The van der Waals surface area contributed by atoms with Crippen LogP contribution in [0.15, 0.2) is 212 Å². The van der Waals surface area contributed by atoms with Gasteiger partial charge in [0.05, 0.1) is 5.69 Å². The molecule has 0 amide bonds. The third-order valence-electron chi connectivity index (χ3n) is 9.84. The molecule has 9 rings (SSSR count). The summed E-state index contributed by atoms with van der Waals surface area (Å²) in [4.78, 5) is 2.43. The lowest BCUT2D eigenvalue weighted by Gasteiger charge is -2.29. The molecule has 0 bridgehead atoms. The van der Waals surface area contributed by atoms with Gasteiger partial charge in [-0.15, -0.1) is 0 Å². The fourth-order valence-corrected chi connectivity index (χ4v) is 7.28. The lowest BCUT2D eigenvalue weighted by Crippen LogP contribution is -2.11. The maximum atomic E-state index is 2.43. The van der Waals surface area contributed by atoms with E-state index >= 15 is 0 Å². The van der Waals surface area contributed by atoms with Crippen LogP contribution in [0.4, 0.5) is 17.1 Å². The SMILES string of the molecule is c1ccc(-c2ccc(N(c3cccc(-c4cccc5ccccc45)c3)c3cc(-c4ccc5ccccc5c4)ccc3-c3ccccc3)cc2)cc1. The van der Waals surface area contributed by atoms with E-state index in [4.69, 9.17) is 0 Å². The monoisotopic (exact) mass is 649 g/mol. The number of fused-ring (bicyclic) bond motifs is 2. The summed E-state index contributed by atoms with van der Waals surface area (Å²) in [6.45, 7) is 0. The third kappa shape index (κ3) is 5.96. The molecule has 0 aliphatic heterocycles. The summed E-state index contributed by atoms with van der Waals surface area (Å²) in [5, 5.41) is 4.97. The van der Waals surface area contributed by atoms with Gasteiger partial charge < -0.3 is 4.90 Å². The van der Waals surface area contributed by atoms with Crippen LogP contribution in [0, 0.1) is 0 Å². The van der Waals surface area contributed by atoms with E-state index in [1.807, 2.05) is 0 Å². The van der Waals surface area contributed by atoms with Crippen molar-refractivity contribution in [3.05, 3.63) is 212 Å². The van der Waals surface area contributed by atoms with Gasteiger partial charge in [-0.1, -0.05) is 176 Å². The van der Waals surface area contributed by atoms with Crippen molar-refractivity contribution in [2.75, 3.05) is 4.90 Å². The molecule has 0 saturated heterocycles. The van der Waals surface area contributed by atoms with E-state index in [9.17, 15) is 0 Å². The highest BCUT2D eigenvalue weighted by molar-refractivity contribution is 5.98. The van der Waals surface area contributed by atoms with Crippen LogP contribution in [0.2, 0.25) is 0 Å². The van der Waals surface area contributed by atoms with Gasteiger partial charge in [0.1, 0.15) is 0 Å². The predicted octanol–water partition coefficient (Wildman–Crippen LogP) is 14.1. The Balaban J connectivity index is 1.27. The van der Waals surface area contributed by atoms with Crippen molar-refractivity contribution in [3.8, 4) is 44.5 Å². The van der Waals surface area contributed by atoms with Crippen molar-refractivity contribution in [1.82, 2.24) is 0 Å². The average Bonchev–Trinajstić information content (AvgIpc) is 3.21. The van der Waals surface area contributed by atoms with E-state index in [1.165, 1.54) is 66.1 Å². The molecule has 51 heavy (non-hydrogen) atoms. The molecule has 1 nitrogen and oxygen atoms in total. The number of rotatable bonds is 7. The molecule has 9 aromatic rings. The summed E-state index contributed by atoms with van der Waals surface area (Å²) in [6.07, 6.45) is 0. The molecule has 9 aromatic carbocycles. The first-order valence-corrected chi connectivity index (χ1v) is 17.5. The van der Waals surface area contributed by atoms with Crippen LogP contribution < -0.4 is 4.90 Å². The van der Waals surface area contributed by atoms with Crippen LogP contribution in [0.1, 0.15) is 0 Å². The first-order chi connectivity index (χ1) is 25.3. The second-order valence-electron chi connectivity index (χ2n) is 13.0. The highest BCUT2D eigenvalue weighted by Gasteiger charge is 2.20. The zero-order valence-corrected chi connectivity index (χ0v) is 28.2. The van der Waals surface area contributed by atoms with Crippen molar-refractivity contribution in [2.24, 2.45) is 0 Å². The molecule has 1 heteroatoms. The molecule has 0 aliphatic rings. The molecular weight excluding hydrogens is 615 g/mol. The van der Waals surface area contributed by atoms with Gasteiger partial charge in [0.25, 0.3) is 0 Å². The zero-order valence-electron chi connectivity index (χ0n) is 28.2. The summed E-state index contributed by atoms with van der Waals surface area (Å²) in [5.41, 5.74) is 12.8. The molecule has 240 valence electrons. The van der Waals surface area contributed by atoms with Crippen molar-refractivity contribution < 1.29 is 0 Å². The van der Waals surface area contributed by atoms with Crippen LogP contribution in [0.25, 0.3) is 66.1 Å². The first-order valence-electron chi connectivity index (χ1n) is 17.5. The van der Waals surface area contributed by atoms with Crippen LogP contribution in [-0.4, -0.2) is 0 Å². The zero-order chi connectivity index (χ0) is 34.0. The fourth-order valence-electron chi connectivity index (χ4n) is 7.28. The molecule has 0 saturated carbocycles. The predicted molar refractivity (Wildman–Crippen MR) is 218 cm³/mol. The molecule has 0 unspecified atom stereocenters. The first kappa shape index (κ1) is 30.4. The standard InChI is InChI=1S/C50H35N/c1-3-13-36(14-4-1)38-27-30-45(31-28-38)51(46-22-11-21-44(34-46)48-24-12-20-39-18-9-10-23-47(39)48)50-35-43(29-32-49(50)40-16-5-2-6-17-40)42-26-25-37-15-7-8-19-41(37)33-42/h1-35H. The van der Waals surface area contributed by atoms with E-state index < -0.39 is 0 Å². The summed E-state index contributed by atoms with van der Waals surface area (Å²) in [5.74, 6) is 0. The molecule has 0 radical (unpaired) electrons. The lowest BCUT2D eigenvalue weighted by molar-refractivity contribution is 1.28. The third-order valence-corrected chi connectivity index (χ3v) is 9.84. The smallest absolute Gasteiger partial charge is 0.0546 e. The molecule has 0 fully saturated rings. The van der Waals surface area contributed by atoms with Crippen LogP contribution >= 0.6 is 0 Å². The van der Waals surface area contributed by atoms with Gasteiger partial charge in [-0.3, -0.25) is 0 Å². The molecule has 0 aromatic heterocycles. The maximum absolute atomic E-state index is 2.43. The van der Waals surface area contributed by atoms with Crippen LogP contribution in [0.3, 0.4) is 0 Å². The Bertz CT molecular complexity index is 2620. The topological polar surface area (TPSA) is 3.24 Å². The van der Waals surface area contributed by atoms with Crippen LogP contribution in [0.5, 0.6) is 0 Å². The summed E-state index contributed by atoms with van der Waals surface area (Å²) >= 11 is 0. The minimum atomic E-state index is 1.09. The van der Waals surface area contributed by atoms with Gasteiger partial charge in [0.2, 0.25) is 0 Å². The Hall–Kier alpha value is -6.70. The molecular formula is C50H35N. The summed E-state index contributed by atoms with van der Waals surface area (Å²) in [6, 6.07) is 76.8. The molecule has 0 heterocycles. The van der Waals surface area contributed by atoms with Crippen LogP contribution in [-0.2, 0) is 0 Å². The number of nitrogens with zero attached hydrogens (tertiary/aromatic N) is 1. The van der Waals surface area contributed by atoms with Gasteiger partial charge in [-0.05, 0) is 96.9 Å². The Morgan fingerprint density at radius 1 is 0.255 bits per heavy atom. The van der Waals surface area contributed by atoms with Crippen molar-refractivity contribution in [3.63, 3.8) is 0 Å². The van der Waals surface area contributed by atoms with Crippen molar-refractivity contribution in [2.45, 2.75) is 0 Å². The molecule has 0 atom stereocenters. The largest absolute Gasteiger partial charge is 0.310 e. The maximum Gasteiger partial charge on any atom is 0.0546 e.